The zero-order valence-electron chi connectivity index (χ0n) is 13.4. The summed E-state index contributed by atoms with van der Waals surface area (Å²) in [5, 5.41) is 10.7. The van der Waals surface area contributed by atoms with Gasteiger partial charge in [-0.15, -0.1) is 0 Å². The van der Waals surface area contributed by atoms with Crippen LogP contribution in [0.3, 0.4) is 0 Å². The first-order valence-electron chi connectivity index (χ1n) is 7.88. The molecule has 1 aromatic carbocycles. The molecule has 0 atom stereocenters. The van der Waals surface area contributed by atoms with Gasteiger partial charge in [0.05, 0.1) is 11.1 Å². The number of rotatable bonds is 6. The summed E-state index contributed by atoms with van der Waals surface area (Å²) in [4.78, 5) is 11.7. The van der Waals surface area contributed by atoms with E-state index in [0.29, 0.717) is 11.5 Å². The predicted octanol–water partition coefficient (Wildman–Crippen LogP) is 4.83. The molecule has 0 amide bonds. The van der Waals surface area contributed by atoms with E-state index in [2.05, 4.69) is 44.5 Å². The van der Waals surface area contributed by atoms with Crippen LogP contribution in [0.1, 0.15) is 67.9 Å². The normalized spacial score (nSPS) is 11.5. The van der Waals surface area contributed by atoms with Crippen LogP contribution in [-0.2, 0) is 13.0 Å². The molecule has 21 heavy (non-hydrogen) atoms. The molecule has 0 radical (unpaired) electrons. The zero-order chi connectivity index (χ0) is 15.6. The lowest BCUT2D eigenvalue weighted by molar-refractivity contribution is 0.0698. The van der Waals surface area contributed by atoms with E-state index in [1.54, 1.807) is 0 Å². The summed E-state index contributed by atoms with van der Waals surface area (Å²) in [6.07, 6.45) is 5.17. The number of aromatic nitrogens is 1. The highest BCUT2D eigenvalue weighted by molar-refractivity contribution is 6.04. The fourth-order valence-electron chi connectivity index (χ4n) is 2.86. The van der Waals surface area contributed by atoms with Crippen molar-refractivity contribution in [2.24, 2.45) is 0 Å². The third-order valence-electron chi connectivity index (χ3n) is 4.08. The van der Waals surface area contributed by atoms with Crippen LogP contribution in [0.2, 0.25) is 0 Å². The number of fused-ring (bicyclic) bond motifs is 1. The molecule has 2 aromatic rings. The van der Waals surface area contributed by atoms with E-state index < -0.39 is 5.97 Å². The van der Waals surface area contributed by atoms with Crippen LogP contribution >= 0.6 is 0 Å². The van der Waals surface area contributed by atoms with Gasteiger partial charge in [-0.3, -0.25) is 0 Å². The number of carboxylic acid groups (broad SMARTS) is 1. The first kappa shape index (κ1) is 15.6. The van der Waals surface area contributed by atoms with Crippen LogP contribution < -0.4 is 0 Å². The van der Waals surface area contributed by atoms with Crippen molar-refractivity contribution >= 4 is 16.9 Å². The van der Waals surface area contributed by atoms with E-state index in [1.807, 2.05) is 6.07 Å². The van der Waals surface area contributed by atoms with E-state index >= 15 is 0 Å². The molecule has 0 unspecified atom stereocenters. The summed E-state index contributed by atoms with van der Waals surface area (Å²) >= 11 is 0. The van der Waals surface area contributed by atoms with Crippen molar-refractivity contribution in [1.29, 1.82) is 0 Å². The first-order chi connectivity index (χ1) is 9.99. The maximum atomic E-state index is 11.7. The zero-order valence-corrected chi connectivity index (χ0v) is 13.4. The minimum atomic E-state index is -0.832. The molecule has 1 N–H and O–H groups in total. The van der Waals surface area contributed by atoms with Gasteiger partial charge in [-0.1, -0.05) is 34.1 Å². The molecule has 0 aliphatic rings. The van der Waals surface area contributed by atoms with Gasteiger partial charge in [-0.05, 0) is 42.0 Å². The predicted molar refractivity (Wildman–Crippen MR) is 87.3 cm³/mol. The molecule has 0 aliphatic carbocycles. The summed E-state index contributed by atoms with van der Waals surface area (Å²) in [6, 6.07) is 4.00. The summed E-state index contributed by atoms with van der Waals surface area (Å²) in [7, 11) is 0. The second-order valence-corrected chi connectivity index (χ2v) is 5.98. The highest BCUT2D eigenvalue weighted by Gasteiger charge is 2.18. The van der Waals surface area contributed by atoms with E-state index in [1.165, 1.54) is 5.56 Å². The average Bonchev–Trinajstić information content (AvgIpc) is 2.82. The van der Waals surface area contributed by atoms with Crippen molar-refractivity contribution in [1.82, 2.24) is 4.57 Å². The van der Waals surface area contributed by atoms with Crippen LogP contribution in [0.25, 0.3) is 10.9 Å². The lowest BCUT2D eigenvalue weighted by Gasteiger charge is -2.09. The molecule has 3 nitrogen and oxygen atoms in total. The van der Waals surface area contributed by atoms with Crippen molar-refractivity contribution in [3.8, 4) is 0 Å². The van der Waals surface area contributed by atoms with Gasteiger partial charge in [0, 0.05) is 18.1 Å². The molecule has 1 aromatic heterocycles. The second-order valence-electron chi connectivity index (χ2n) is 5.98. The summed E-state index contributed by atoms with van der Waals surface area (Å²) in [6.45, 7) is 9.43. The van der Waals surface area contributed by atoms with Crippen molar-refractivity contribution in [3.05, 3.63) is 35.0 Å². The van der Waals surface area contributed by atoms with Crippen molar-refractivity contribution in [2.45, 2.75) is 59.4 Å². The van der Waals surface area contributed by atoms with Gasteiger partial charge in [-0.25, -0.2) is 4.79 Å². The highest BCUT2D eigenvalue weighted by Crippen LogP contribution is 2.31. The smallest absolute Gasteiger partial charge is 0.337 e. The van der Waals surface area contributed by atoms with Crippen LogP contribution in [-0.4, -0.2) is 15.6 Å². The van der Waals surface area contributed by atoms with Crippen LogP contribution in [0.15, 0.2) is 18.3 Å². The fourth-order valence-corrected chi connectivity index (χ4v) is 2.86. The van der Waals surface area contributed by atoms with Crippen molar-refractivity contribution in [3.63, 3.8) is 0 Å². The van der Waals surface area contributed by atoms with Gasteiger partial charge in [0.1, 0.15) is 0 Å². The Bertz CT molecular complexity index is 653. The molecule has 1 heterocycles. The van der Waals surface area contributed by atoms with Crippen molar-refractivity contribution in [2.75, 3.05) is 0 Å². The van der Waals surface area contributed by atoms with Gasteiger partial charge in [0.25, 0.3) is 0 Å². The minimum Gasteiger partial charge on any atom is -0.478 e. The molecule has 0 aliphatic heterocycles. The third-order valence-corrected chi connectivity index (χ3v) is 4.08. The number of hydrogen-bond donors (Lipinski definition) is 1. The molecular weight excluding hydrogens is 262 g/mol. The topological polar surface area (TPSA) is 42.2 Å². The van der Waals surface area contributed by atoms with Gasteiger partial charge in [-0.2, -0.15) is 0 Å². The second kappa shape index (κ2) is 6.33. The number of nitrogens with zero attached hydrogens (tertiary/aromatic N) is 1. The van der Waals surface area contributed by atoms with E-state index in [-0.39, 0.29) is 0 Å². The minimum absolute atomic E-state index is 0.393. The Hall–Kier alpha value is -1.77. The Morgan fingerprint density at radius 2 is 2.00 bits per heavy atom. The number of aromatic carboxylic acids is 1. The fraction of sp³-hybridized carbons (Fsp3) is 0.500. The molecular formula is C18H25NO2. The Morgan fingerprint density at radius 3 is 2.52 bits per heavy atom. The standard InChI is InChI=1S/C18H25NO2/c1-5-7-8-19-11-16(12(3)4)14-9-13(6-2)10-15(17(14)19)18(20)21/h9-12H,5-8H2,1-4H3,(H,20,21). The molecule has 0 saturated carbocycles. The van der Waals surface area contributed by atoms with Gasteiger partial charge < -0.3 is 9.67 Å². The Balaban J connectivity index is 2.76. The lowest BCUT2D eigenvalue weighted by atomic mass is 9.98. The number of unbranched alkanes of at least 4 members (excludes halogenated alkanes) is 1. The van der Waals surface area contributed by atoms with Gasteiger partial charge in [0.2, 0.25) is 0 Å². The Kier molecular flexibility index (Phi) is 4.71. The highest BCUT2D eigenvalue weighted by atomic mass is 16.4. The average molecular weight is 287 g/mol. The number of benzene rings is 1. The Labute approximate surface area is 126 Å². The number of carbonyl (C=O) groups is 1. The molecule has 114 valence electrons. The van der Waals surface area contributed by atoms with Crippen molar-refractivity contribution < 1.29 is 9.90 Å². The van der Waals surface area contributed by atoms with Gasteiger partial charge >= 0.3 is 5.97 Å². The van der Waals surface area contributed by atoms with E-state index in [4.69, 9.17) is 0 Å². The third kappa shape index (κ3) is 2.97. The molecule has 0 saturated heterocycles. The Morgan fingerprint density at radius 1 is 1.29 bits per heavy atom. The quantitative estimate of drug-likeness (QED) is 0.827. The number of hydrogen-bond acceptors (Lipinski definition) is 1. The monoisotopic (exact) mass is 287 g/mol. The maximum absolute atomic E-state index is 11.7. The van der Waals surface area contributed by atoms with E-state index in [9.17, 15) is 9.90 Å². The summed E-state index contributed by atoms with van der Waals surface area (Å²) < 4.78 is 2.14. The van der Waals surface area contributed by atoms with Crippen LogP contribution in [0, 0.1) is 0 Å². The van der Waals surface area contributed by atoms with Crippen LogP contribution in [0.4, 0.5) is 0 Å². The first-order valence-corrected chi connectivity index (χ1v) is 7.88. The molecule has 0 spiro atoms. The van der Waals surface area contributed by atoms with Gasteiger partial charge in [0.15, 0.2) is 0 Å². The largest absolute Gasteiger partial charge is 0.478 e. The molecule has 3 heteroatoms. The SMILES string of the molecule is CCCCn1cc(C(C)C)c2cc(CC)cc(C(=O)O)c21. The summed E-state index contributed by atoms with van der Waals surface area (Å²) in [5.74, 6) is -0.439. The molecule has 2 rings (SSSR count). The molecule has 0 bridgehead atoms. The van der Waals surface area contributed by atoms with Crippen LogP contribution in [0.5, 0.6) is 0 Å². The maximum Gasteiger partial charge on any atom is 0.337 e. The number of carboxylic acids is 1. The molecule has 0 fully saturated rings. The van der Waals surface area contributed by atoms with E-state index in [0.717, 1.165) is 42.3 Å². The lowest BCUT2D eigenvalue weighted by Crippen LogP contribution is -2.04. The number of aryl methyl sites for hydroxylation is 2. The summed E-state index contributed by atoms with van der Waals surface area (Å²) in [5.41, 5.74) is 3.66.